The normalized spacial score (nSPS) is 12.2. The molecule has 0 saturated heterocycles. The average Bonchev–Trinajstić information content (AvgIpc) is 3.01. The molecule has 1 aromatic carbocycles. The molecule has 0 aliphatic carbocycles. The molecule has 8 heteroatoms. The first kappa shape index (κ1) is 19.1. The lowest BCUT2D eigenvalue weighted by atomic mass is 10.3. The van der Waals surface area contributed by atoms with E-state index in [0.29, 0.717) is 5.92 Å². The number of ether oxygens (including phenoxy) is 1. The van der Waals surface area contributed by atoms with Crippen molar-refractivity contribution in [3.8, 4) is 5.75 Å². The minimum absolute atomic E-state index is 0.0586. The van der Waals surface area contributed by atoms with E-state index in [1.807, 2.05) is 31.2 Å². The Balaban J connectivity index is 1.86. The van der Waals surface area contributed by atoms with E-state index >= 15 is 0 Å². The van der Waals surface area contributed by atoms with Gasteiger partial charge in [0, 0.05) is 11.4 Å². The van der Waals surface area contributed by atoms with E-state index in [4.69, 9.17) is 4.74 Å². The van der Waals surface area contributed by atoms with Crippen LogP contribution < -0.4 is 10.1 Å². The number of thioether (sulfide) groups is 2. The molecule has 1 aromatic heterocycles. The van der Waals surface area contributed by atoms with E-state index in [1.54, 1.807) is 18.9 Å². The van der Waals surface area contributed by atoms with E-state index in [-0.39, 0.29) is 11.2 Å². The van der Waals surface area contributed by atoms with Crippen molar-refractivity contribution in [1.82, 2.24) is 10.2 Å². The Hall–Kier alpha value is -1.25. The van der Waals surface area contributed by atoms with Gasteiger partial charge < -0.3 is 10.1 Å². The highest BCUT2D eigenvalue weighted by Gasteiger charge is 2.17. The molecule has 1 N–H and O–H groups in total. The third kappa shape index (κ3) is 5.99. The first-order chi connectivity index (χ1) is 11.5. The van der Waals surface area contributed by atoms with Gasteiger partial charge >= 0.3 is 0 Å². The molecule has 1 heterocycles. The van der Waals surface area contributed by atoms with E-state index in [2.05, 4.69) is 29.4 Å². The predicted octanol–water partition coefficient (Wildman–Crippen LogP) is 4.41. The Morgan fingerprint density at radius 2 is 1.88 bits per heavy atom. The van der Waals surface area contributed by atoms with E-state index in [0.717, 1.165) is 25.9 Å². The van der Waals surface area contributed by atoms with Crippen LogP contribution in [0, 0.1) is 5.92 Å². The maximum absolute atomic E-state index is 12.3. The van der Waals surface area contributed by atoms with E-state index in [9.17, 15) is 4.79 Å². The van der Waals surface area contributed by atoms with Crippen molar-refractivity contribution in [2.75, 3.05) is 18.2 Å². The summed E-state index contributed by atoms with van der Waals surface area (Å²) in [7, 11) is 1.61. The van der Waals surface area contributed by atoms with Crippen molar-refractivity contribution in [2.45, 2.75) is 34.7 Å². The van der Waals surface area contributed by atoms with Gasteiger partial charge in [0.25, 0.3) is 0 Å². The van der Waals surface area contributed by atoms with Crippen LogP contribution in [0.15, 0.2) is 32.9 Å². The molecule has 24 heavy (non-hydrogen) atoms. The third-order valence-electron chi connectivity index (χ3n) is 2.93. The Morgan fingerprint density at radius 3 is 2.50 bits per heavy atom. The van der Waals surface area contributed by atoms with Crippen LogP contribution in [0.3, 0.4) is 0 Å². The van der Waals surface area contributed by atoms with Gasteiger partial charge in [-0.25, -0.2) is 0 Å². The molecule has 130 valence electrons. The number of amides is 1. The zero-order valence-electron chi connectivity index (χ0n) is 14.1. The van der Waals surface area contributed by atoms with Crippen molar-refractivity contribution >= 4 is 46.5 Å². The molecule has 2 rings (SSSR count). The quantitative estimate of drug-likeness (QED) is 0.681. The van der Waals surface area contributed by atoms with Gasteiger partial charge in [-0.2, -0.15) is 0 Å². The molecule has 0 unspecified atom stereocenters. The fourth-order valence-electron chi connectivity index (χ4n) is 1.66. The summed E-state index contributed by atoms with van der Waals surface area (Å²) in [5, 5.41) is 11.0. The van der Waals surface area contributed by atoms with Gasteiger partial charge in [0.2, 0.25) is 5.91 Å². The van der Waals surface area contributed by atoms with Gasteiger partial charge in [-0.1, -0.05) is 48.7 Å². The maximum Gasteiger partial charge on any atom is 0.237 e. The Labute approximate surface area is 155 Å². The number of anilines is 1. The van der Waals surface area contributed by atoms with Crippen molar-refractivity contribution in [3.05, 3.63) is 24.3 Å². The van der Waals surface area contributed by atoms with Crippen LogP contribution in [0.4, 0.5) is 5.69 Å². The maximum atomic E-state index is 12.3. The van der Waals surface area contributed by atoms with Crippen molar-refractivity contribution in [3.63, 3.8) is 0 Å². The molecule has 0 aliphatic rings. The van der Waals surface area contributed by atoms with Crippen LogP contribution in [0.5, 0.6) is 5.75 Å². The van der Waals surface area contributed by atoms with Gasteiger partial charge in [-0.15, -0.1) is 10.2 Å². The molecule has 0 bridgehead atoms. The Morgan fingerprint density at radius 1 is 1.21 bits per heavy atom. The zero-order valence-corrected chi connectivity index (χ0v) is 16.6. The average molecular weight is 384 g/mol. The Kier molecular flexibility index (Phi) is 7.39. The molecule has 0 saturated carbocycles. The number of benzene rings is 1. The van der Waals surface area contributed by atoms with Crippen molar-refractivity contribution < 1.29 is 9.53 Å². The van der Waals surface area contributed by atoms with E-state index in [1.165, 1.54) is 23.1 Å². The molecule has 0 aliphatic heterocycles. The highest BCUT2D eigenvalue weighted by atomic mass is 32.2. The first-order valence-corrected chi connectivity index (χ1v) is 10.2. The monoisotopic (exact) mass is 383 g/mol. The highest BCUT2D eigenvalue weighted by molar-refractivity contribution is 8.03. The lowest BCUT2D eigenvalue weighted by Crippen LogP contribution is -2.22. The topological polar surface area (TPSA) is 64.1 Å². The summed E-state index contributed by atoms with van der Waals surface area (Å²) < 4.78 is 6.88. The first-order valence-electron chi connectivity index (χ1n) is 7.55. The minimum atomic E-state index is -0.247. The van der Waals surface area contributed by atoms with Crippen LogP contribution >= 0.6 is 34.9 Å². The summed E-state index contributed by atoms with van der Waals surface area (Å²) in [5.41, 5.74) is 0.749. The molecule has 0 spiro atoms. The number of nitrogens with one attached hydrogen (secondary N) is 1. The number of carbonyl (C=O) groups excluding carboxylic acids is 1. The lowest BCUT2D eigenvalue weighted by molar-refractivity contribution is -0.115. The smallest absolute Gasteiger partial charge is 0.237 e. The Bertz CT molecular complexity index is 659. The van der Waals surface area contributed by atoms with Crippen LogP contribution in [0.2, 0.25) is 0 Å². The molecular formula is C16H21N3O2S3. The second kappa shape index (κ2) is 9.29. The SMILES string of the molecule is COc1ccc(NC(=O)[C@H](C)Sc2nnc(SCC(C)C)s2)cc1. The molecule has 2 aromatic rings. The molecule has 0 radical (unpaired) electrons. The molecule has 5 nitrogen and oxygen atoms in total. The summed E-state index contributed by atoms with van der Waals surface area (Å²) in [4.78, 5) is 12.3. The zero-order chi connectivity index (χ0) is 17.5. The summed E-state index contributed by atoms with van der Waals surface area (Å²) in [6.45, 7) is 6.22. The molecular weight excluding hydrogens is 362 g/mol. The number of carbonyl (C=O) groups is 1. The van der Waals surface area contributed by atoms with Crippen LogP contribution in [0.1, 0.15) is 20.8 Å². The van der Waals surface area contributed by atoms with Gasteiger partial charge in [0.05, 0.1) is 12.4 Å². The van der Waals surface area contributed by atoms with Crippen LogP contribution in [-0.4, -0.2) is 34.2 Å². The summed E-state index contributed by atoms with van der Waals surface area (Å²) in [6, 6.07) is 7.27. The summed E-state index contributed by atoms with van der Waals surface area (Å²) in [5.74, 6) is 2.34. The predicted molar refractivity (Wildman–Crippen MR) is 102 cm³/mol. The van der Waals surface area contributed by atoms with Crippen LogP contribution in [-0.2, 0) is 4.79 Å². The lowest BCUT2D eigenvalue weighted by Gasteiger charge is -2.10. The standard InChI is InChI=1S/C16H21N3O2S3/c1-10(2)9-22-15-18-19-16(24-15)23-11(3)14(20)17-12-5-7-13(21-4)8-6-12/h5-8,10-11H,9H2,1-4H3,(H,17,20)/t11-/m0/s1. The fraction of sp³-hybridized carbons (Fsp3) is 0.438. The number of hydrogen-bond donors (Lipinski definition) is 1. The molecule has 1 atom stereocenters. The van der Waals surface area contributed by atoms with Gasteiger partial charge in [0.15, 0.2) is 8.68 Å². The van der Waals surface area contributed by atoms with Crippen molar-refractivity contribution in [2.24, 2.45) is 5.92 Å². The molecule has 0 fully saturated rings. The van der Waals surface area contributed by atoms with Gasteiger partial charge in [-0.05, 0) is 37.1 Å². The minimum Gasteiger partial charge on any atom is -0.497 e. The van der Waals surface area contributed by atoms with Gasteiger partial charge in [0.1, 0.15) is 5.75 Å². The van der Waals surface area contributed by atoms with Crippen LogP contribution in [0.25, 0.3) is 0 Å². The number of hydrogen-bond acceptors (Lipinski definition) is 7. The summed E-state index contributed by atoms with van der Waals surface area (Å²) in [6.07, 6.45) is 0. The number of methoxy groups -OCH3 is 1. The number of aromatic nitrogens is 2. The second-order valence-corrected chi connectivity index (χ2v) is 9.35. The largest absolute Gasteiger partial charge is 0.497 e. The van der Waals surface area contributed by atoms with Gasteiger partial charge in [-0.3, -0.25) is 4.79 Å². The highest BCUT2D eigenvalue weighted by Crippen LogP contribution is 2.32. The fourth-order valence-corrected chi connectivity index (χ4v) is 4.80. The number of rotatable bonds is 8. The number of nitrogens with zero attached hydrogens (tertiary/aromatic N) is 2. The third-order valence-corrected chi connectivity index (χ3v) is 6.60. The summed E-state index contributed by atoms with van der Waals surface area (Å²) >= 11 is 4.68. The van der Waals surface area contributed by atoms with Crippen molar-refractivity contribution in [1.29, 1.82) is 0 Å². The second-order valence-electron chi connectivity index (χ2n) is 5.52. The molecule has 1 amide bonds. The van der Waals surface area contributed by atoms with E-state index < -0.39 is 0 Å².